The number of hydrogen-bond acceptors (Lipinski definition) is 4. The Bertz CT molecular complexity index is 935. The number of anilines is 2. The Labute approximate surface area is 182 Å². The molecular weight excluding hydrogens is 438 g/mol. The summed E-state index contributed by atoms with van der Waals surface area (Å²) in [6.45, 7) is 0. The van der Waals surface area contributed by atoms with E-state index in [-0.39, 0.29) is 0 Å². The molecule has 0 bridgehead atoms. The van der Waals surface area contributed by atoms with Crippen molar-refractivity contribution >= 4 is 70.2 Å². The second kappa shape index (κ2) is 9.80. The molecule has 28 heavy (non-hydrogen) atoms. The van der Waals surface area contributed by atoms with Gasteiger partial charge in [-0.1, -0.05) is 70.7 Å². The van der Waals surface area contributed by atoms with Crippen LogP contribution in [0, 0.1) is 0 Å². The van der Waals surface area contributed by atoms with Gasteiger partial charge in [0.15, 0.2) is 0 Å². The Hall–Kier alpha value is -2.24. The molecule has 0 aliphatic heterocycles. The van der Waals surface area contributed by atoms with Crippen molar-refractivity contribution in [3.63, 3.8) is 0 Å². The van der Waals surface area contributed by atoms with Gasteiger partial charge in [0, 0.05) is 0 Å². The van der Waals surface area contributed by atoms with E-state index in [1.807, 2.05) is 24.3 Å². The van der Waals surface area contributed by atoms with Crippen molar-refractivity contribution in [1.82, 2.24) is 0 Å². The van der Waals surface area contributed by atoms with Crippen LogP contribution in [0.5, 0.6) is 0 Å². The van der Waals surface area contributed by atoms with E-state index >= 15 is 0 Å². The minimum Gasteiger partial charge on any atom is -0.278 e. The van der Waals surface area contributed by atoms with Crippen molar-refractivity contribution in [2.24, 2.45) is 10.2 Å². The molecule has 142 valence electrons. The molecule has 0 saturated carbocycles. The summed E-state index contributed by atoms with van der Waals surface area (Å²) in [6.07, 6.45) is 3.41. The zero-order chi connectivity index (χ0) is 19.9. The number of hydrazone groups is 2. The molecule has 0 aliphatic rings. The molecule has 3 aromatic rings. The Kier molecular flexibility index (Phi) is 7.18. The summed E-state index contributed by atoms with van der Waals surface area (Å²) < 4.78 is 0. The fourth-order valence-corrected chi connectivity index (χ4v) is 2.76. The van der Waals surface area contributed by atoms with Crippen molar-refractivity contribution in [2.75, 3.05) is 10.9 Å². The van der Waals surface area contributed by atoms with Gasteiger partial charge in [-0.15, -0.1) is 0 Å². The van der Waals surface area contributed by atoms with Crippen LogP contribution in [0.2, 0.25) is 20.1 Å². The van der Waals surface area contributed by atoms with Crippen LogP contribution < -0.4 is 10.9 Å². The molecule has 0 aromatic heterocycles. The number of hydrogen-bond donors (Lipinski definition) is 2. The second-order valence-electron chi connectivity index (χ2n) is 5.66. The number of rotatable bonds is 6. The van der Waals surface area contributed by atoms with E-state index in [1.54, 1.807) is 48.8 Å². The minimum atomic E-state index is 0.472. The minimum absolute atomic E-state index is 0.472. The van der Waals surface area contributed by atoms with Gasteiger partial charge in [-0.25, -0.2) is 0 Å². The van der Waals surface area contributed by atoms with Crippen molar-refractivity contribution in [1.29, 1.82) is 0 Å². The summed E-state index contributed by atoms with van der Waals surface area (Å²) in [5, 5.41) is 10.3. The van der Waals surface area contributed by atoms with Crippen molar-refractivity contribution < 1.29 is 0 Å². The standard InChI is InChI=1S/C20H14Cl4N4/c21-17-7-5-15(9-19(17)23)27-25-11-13-1-2-14(4-3-13)12-26-28-16-6-8-18(22)20(24)10-16/h1-12,27-28H/b25-11+,26-12+. The van der Waals surface area contributed by atoms with Gasteiger partial charge in [0.2, 0.25) is 0 Å². The van der Waals surface area contributed by atoms with Crippen molar-refractivity contribution in [2.45, 2.75) is 0 Å². The number of halogens is 4. The molecule has 0 fully saturated rings. The Morgan fingerprint density at radius 2 is 0.929 bits per heavy atom. The number of benzene rings is 3. The molecule has 0 unspecified atom stereocenters. The van der Waals surface area contributed by atoms with Crippen LogP contribution in [0.15, 0.2) is 70.9 Å². The van der Waals surface area contributed by atoms with E-state index in [4.69, 9.17) is 46.4 Å². The number of nitrogens with one attached hydrogen (secondary N) is 2. The summed E-state index contributed by atoms with van der Waals surface area (Å²) in [4.78, 5) is 0. The largest absolute Gasteiger partial charge is 0.278 e. The quantitative estimate of drug-likeness (QED) is 0.307. The van der Waals surface area contributed by atoms with Gasteiger partial charge in [0.25, 0.3) is 0 Å². The molecular formula is C20H14Cl4N4. The van der Waals surface area contributed by atoms with Crippen LogP contribution >= 0.6 is 46.4 Å². The van der Waals surface area contributed by atoms with Crippen LogP contribution in [-0.4, -0.2) is 12.4 Å². The zero-order valence-corrected chi connectivity index (χ0v) is 17.4. The van der Waals surface area contributed by atoms with Gasteiger partial charge >= 0.3 is 0 Å². The summed E-state index contributed by atoms with van der Waals surface area (Å²) >= 11 is 23.7. The number of nitrogens with zero attached hydrogens (tertiary/aromatic N) is 2. The summed E-state index contributed by atoms with van der Waals surface area (Å²) in [7, 11) is 0. The molecule has 0 heterocycles. The van der Waals surface area contributed by atoms with E-state index in [0.29, 0.717) is 20.1 Å². The maximum atomic E-state index is 5.97. The van der Waals surface area contributed by atoms with Crippen LogP contribution in [0.1, 0.15) is 11.1 Å². The molecule has 0 spiro atoms. The lowest BCUT2D eigenvalue weighted by atomic mass is 10.2. The normalized spacial score (nSPS) is 11.3. The highest BCUT2D eigenvalue weighted by Gasteiger charge is 1.99. The lowest BCUT2D eigenvalue weighted by Crippen LogP contribution is -1.92. The molecule has 8 heteroatoms. The van der Waals surface area contributed by atoms with E-state index in [2.05, 4.69) is 21.1 Å². The summed E-state index contributed by atoms with van der Waals surface area (Å²) in [6, 6.07) is 18.2. The van der Waals surface area contributed by atoms with E-state index in [9.17, 15) is 0 Å². The van der Waals surface area contributed by atoms with Gasteiger partial charge in [0.1, 0.15) is 0 Å². The SMILES string of the molecule is Clc1ccc(N/N=C/c2ccc(/C=N/Nc3ccc(Cl)c(Cl)c3)cc2)cc1Cl. The van der Waals surface area contributed by atoms with Gasteiger partial charge in [-0.2, -0.15) is 10.2 Å². The van der Waals surface area contributed by atoms with Crippen LogP contribution in [0.3, 0.4) is 0 Å². The molecule has 3 rings (SSSR count). The maximum Gasteiger partial charge on any atom is 0.0613 e. The van der Waals surface area contributed by atoms with E-state index in [1.165, 1.54) is 0 Å². The van der Waals surface area contributed by atoms with Crippen LogP contribution in [0.25, 0.3) is 0 Å². The third-order valence-corrected chi connectivity index (χ3v) is 5.07. The average Bonchev–Trinajstić information content (AvgIpc) is 2.69. The molecule has 0 radical (unpaired) electrons. The average molecular weight is 452 g/mol. The first-order valence-electron chi connectivity index (χ1n) is 8.09. The first kappa shape index (κ1) is 20.5. The molecule has 3 aromatic carbocycles. The van der Waals surface area contributed by atoms with Crippen LogP contribution in [0.4, 0.5) is 11.4 Å². The molecule has 0 aliphatic carbocycles. The zero-order valence-electron chi connectivity index (χ0n) is 14.3. The molecule has 4 nitrogen and oxygen atoms in total. The Morgan fingerprint density at radius 3 is 1.29 bits per heavy atom. The predicted molar refractivity (Wildman–Crippen MR) is 122 cm³/mol. The van der Waals surface area contributed by atoms with Gasteiger partial charge < -0.3 is 0 Å². The lowest BCUT2D eigenvalue weighted by Gasteiger charge is -2.02. The highest BCUT2D eigenvalue weighted by molar-refractivity contribution is 6.42. The summed E-state index contributed by atoms with van der Waals surface area (Å²) in [5.41, 5.74) is 9.18. The third-order valence-electron chi connectivity index (χ3n) is 3.59. The maximum absolute atomic E-state index is 5.97. The first-order chi connectivity index (χ1) is 13.5. The fourth-order valence-electron chi connectivity index (χ4n) is 2.16. The third kappa shape index (κ3) is 5.88. The van der Waals surface area contributed by atoms with Gasteiger partial charge in [-0.05, 0) is 47.5 Å². The Balaban J connectivity index is 1.55. The van der Waals surface area contributed by atoms with Gasteiger partial charge in [-0.3, -0.25) is 10.9 Å². The second-order valence-corrected chi connectivity index (χ2v) is 7.29. The fraction of sp³-hybridized carbons (Fsp3) is 0. The lowest BCUT2D eigenvalue weighted by molar-refractivity contribution is 1.34. The van der Waals surface area contributed by atoms with E-state index < -0.39 is 0 Å². The predicted octanol–water partition coefficient (Wildman–Crippen LogP) is 7.19. The monoisotopic (exact) mass is 450 g/mol. The molecule has 0 atom stereocenters. The first-order valence-corrected chi connectivity index (χ1v) is 9.61. The van der Waals surface area contributed by atoms with Crippen molar-refractivity contribution in [3.05, 3.63) is 91.9 Å². The summed E-state index contributed by atoms with van der Waals surface area (Å²) in [5.74, 6) is 0. The molecule has 2 N–H and O–H groups in total. The van der Waals surface area contributed by atoms with Crippen LogP contribution in [-0.2, 0) is 0 Å². The van der Waals surface area contributed by atoms with E-state index in [0.717, 1.165) is 22.5 Å². The molecule has 0 saturated heterocycles. The highest BCUT2D eigenvalue weighted by atomic mass is 35.5. The van der Waals surface area contributed by atoms with Crippen molar-refractivity contribution in [3.8, 4) is 0 Å². The van der Waals surface area contributed by atoms with Gasteiger partial charge in [0.05, 0.1) is 43.9 Å². The highest BCUT2D eigenvalue weighted by Crippen LogP contribution is 2.25. The smallest absolute Gasteiger partial charge is 0.0613 e. The Morgan fingerprint density at radius 1 is 0.536 bits per heavy atom. The topological polar surface area (TPSA) is 48.8 Å². The molecule has 0 amide bonds.